The standard InChI is InChI=1S/C19H21F2N3O2/c1-23(19(25)22-18-7-4-15(20)12-17(18)21)13-14-2-5-16(6-3-14)24-8-10-26-11-9-24/h2-7,12H,8-11,13H2,1H3,(H,22,25). The minimum absolute atomic E-state index is 0.0501. The van der Waals surface area contributed by atoms with Crippen molar-refractivity contribution in [1.82, 2.24) is 4.90 Å². The number of benzene rings is 2. The van der Waals surface area contributed by atoms with Gasteiger partial charge in [0, 0.05) is 38.4 Å². The summed E-state index contributed by atoms with van der Waals surface area (Å²) in [6.45, 7) is 3.56. The molecule has 2 amide bonds. The molecule has 2 aromatic carbocycles. The van der Waals surface area contributed by atoms with E-state index < -0.39 is 17.7 Å². The predicted octanol–water partition coefficient (Wildman–Crippen LogP) is 3.47. The van der Waals surface area contributed by atoms with Gasteiger partial charge in [-0.3, -0.25) is 0 Å². The van der Waals surface area contributed by atoms with E-state index >= 15 is 0 Å². The van der Waals surface area contributed by atoms with Crippen molar-refractivity contribution in [2.75, 3.05) is 43.6 Å². The molecule has 1 saturated heterocycles. The molecule has 5 nitrogen and oxygen atoms in total. The summed E-state index contributed by atoms with van der Waals surface area (Å²) in [6, 6.07) is 10.5. The molecule has 0 saturated carbocycles. The maximum Gasteiger partial charge on any atom is 0.321 e. The quantitative estimate of drug-likeness (QED) is 0.907. The van der Waals surface area contributed by atoms with E-state index in [1.54, 1.807) is 7.05 Å². The lowest BCUT2D eigenvalue weighted by atomic mass is 10.2. The Balaban J connectivity index is 1.58. The number of nitrogens with one attached hydrogen (secondary N) is 1. The molecule has 3 rings (SSSR count). The molecule has 0 bridgehead atoms. The number of anilines is 2. The maximum atomic E-state index is 13.6. The second-order valence-electron chi connectivity index (χ2n) is 6.18. The third kappa shape index (κ3) is 4.49. The van der Waals surface area contributed by atoms with Gasteiger partial charge in [-0.15, -0.1) is 0 Å². The van der Waals surface area contributed by atoms with E-state index in [9.17, 15) is 13.6 Å². The second-order valence-corrected chi connectivity index (χ2v) is 6.18. The molecular formula is C19H21F2N3O2. The average molecular weight is 361 g/mol. The first kappa shape index (κ1) is 18.1. The van der Waals surface area contributed by atoms with Crippen LogP contribution >= 0.6 is 0 Å². The van der Waals surface area contributed by atoms with Crippen molar-refractivity contribution in [3.05, 3.63) is 59.7 Å². The molecule has 0 aliphatic carbocycles. The van der Waals surface area contributed by atoms with Gasteiger partial charge in [-0.05, 0) is 29.8 Å². The lowest BCUT2D eigenvalue weighted by Crippen LogP contribution is -2.36. The number of halogens is 2. The van der Waals surface area contributed by atoms with E-state index in [-0.39, 0.29) is 5.69 Å². The number of nitrogens with zero attached hydrogens (tertiary/aromatic N) is 2. The van der Waals surface area contributed by atoms with Gasteiger partial charge in [0.2, 0.25) is 0 Å². The highest BCUT2D eigenvalue weighted by Gasteiger charge is 2.14. The second kappa shape index (κ2) is 8.14. The molecule has 0 aromatic heterocycles. The van der Waals surface area contributed by atoms with Crippen molar-refractivity contribution < 1.29 is 18.3 Å². The van der Waals surface area contributed by atoms with Crippen molar-refractivity contribution in [2.45, 2.75) is 6.54 Å². The number of hydrogen-bond donors (Lipinski definition) is 1. The van der Waals surface area contributed by atoms with Gasteiger partial charge < -0.3 is 19.9 Å². The lowest BCUT2D eigenvalue weighted by molar-refractivity contribution is 0.122. The number of urea groups is 1. The first-order valence-corrected chi connectivity index (χ1v) is 8.42. The van der Waals surface area contributed by atoms with Crippen LogP contribution in [-0.4, -0.2) is 44.3 Å². The number of hydrogen-bond acceptors (Lipinski definition) is 3. The Hall–Kier alpha value is -2.67. The van der Waals surface area contributed by atoms with Crippen LogP contribution in [0.3, 0.4) is 0 Å². The molecular weight excluding hydrogens is 340 g/mol. The van der Waals surface area contributed by atoms with Crippen molar-refractivity contribution in [3.8, 4) is 0 Å². The minimum Gasteiger partial charge on any atom is -0.378 e. The van der Waals surface area contributed by atoms with Gasteiger partial charge >= 0.3 is 6.03 Å². The van der Waals surface area contributed by atoms with Crippen LogP contribution in [0.2, 0.25) is 0 Å². The van der Waals surface area contributed by atoms with Crippen molar-refractivity contribution in [3.63, 3.8) is 0 Å². The van der Waals surface area contributed by atoms with Crippen LogP contribution in [0.1, 0.15) is 5.56 Å². The molecule has 7 heteroatoms. The zero-order chi connectivity index (χ0) is 18.5. The largest absolute Gasteiger partial charge is 0.378 e. The van der Waals surface area contributed by atoms with E-state index in [0.717, 1.165) is 49.7 Å². The summed E-state index contributed by atoms with van der Waals surface area (Å²) < 4.78 is 31.9. The number of morpholine rings is 1. The Morgan fingerprint density at radius 3 is 2.50 bits per heavy atom. The first-order chi connectivity index (χ1) is 12.5. The summed E-state index contributed by atoms with van der Waals surface area (Å²) in [5.74, 6) is -1.49. The summed E-state index contributed by atoms with van der Waals surface area (Å²) in [6.07, 6.45) is 0. The van der Waals surface area contributed by atoms with Gasteiger partial charge in [0.25, 0.3) is 0 Å². The maximum absolute atomic E-state index is 13.6. The molecule has 26 heavy (non-hydrogen) atoms. The average Bonchev–Trinajstić information content (AvgIpc) is 2.65. The fourth-order valence-electron chi connectivity index (χ4n) is 2.78. The van der Waals surface area contributed by atoms with Gasteiger partial charge in [0.15, 0.2) is 0 Å². The molecule has 2 aromatic rings. The number of amides is 2. The predicted molar refractivity (Wildman–Crippen MR) is 96.3 cm³/mol. The molecule has 0 atom stereocenters. The topological polar surface area (TPSA) is 44.8 Å². The number of rotatable bonds is 4. The van der Waals surface area contributed by atoms with Crippen LogP contribution in [0.25, 0.3) is 0 Å². The SMILES string of the molecule is CN(Cc1ccc(N2CCOCC2)cc1)C(=O)Nc1ccc(F)cc1F. The third-order valence-electron chi connectivity index (χ3n) is 4.25. The van der Waals surface area contributed by atoms with Crippen LogP contribution in [0.4, 0.5) is 25.0 Å². The Morgan fingerprint density at radius 1 is 1.15 bits per heavy atom. The number of carbonyl (C=O) groups excluding carboxylic acids is 1. The summed E-state index contributed by atoms with van der Waals surface area (Å²) in [4.78, 5) is 15.9. The van der Waals surface area contributed by atoms with Crippen LogP contribution in [0.5, 0.6) is 0 Å². The highest BCUT2D eigenvalue weighted by Crippen LogP contribution is 2.18. The summed E-state index contributed by atoms with van der Waals surface area (Å²) in [5, 5.41) is 2.44. The molecule has 1 fully saturated rings. The Kier molecular flexibility index (Phi) is 5.68. The van der Waals surface area contributed by atoms with Crippen LogP contribution in [0.15, 0.2) is 42.5 Å². The normalized spacial score (nSPS) is 14.2. The fraction of sp³-hybridized carbons (Fsp3) is 0.316. The molecule has 1 aliphatic rings. The molecule has 1 aliphatic heterocycles. The zero-order valence-corrected chi connectivity index (χ0v) is 14.5. The van der Waals surface area contributed by atoms with Crippen molar-refractivity contribution in [1.29, 1.82) is 0 Å². The Bertz CT molecular complexity index is 762. The Labute approximate surface area is 151 Å². The highest BCUT2D eigenvalue weighted by atomic mass is 19.1. The van der Waals surface area contributed by atoms with Crippen LogP contribution in [-0.2, 0) is 11.3 Å². The zero-order valence-electron chi connectivity index (χ0n) is 14.5. The number of carbonyl (C=O) groups is 1. The van der Waals surface area contributed by atoms with Gasteiger partial charge in [-0.25, -0.2) is 13.6 Å². The van der Waals surface area contributed by atoms with E-state index in [1.807, 2.05) is 24.3 Å². The summed E-state index contributed by atoms with van der Waals surface area (Å²) in [7, 11) is 1.62. The van der Waals surface area contributed by atoms with Crippen LogP contribution in [0, 0.1) is 11.6 Å². The van der Waals surface area contributed by atoms with E-state index in [2.05, 4.69) is 10.2 Å². The monoisotopic (exact) mass is 361 g/mol. The highest BCUT2D eigenvalue weighted by molar-refractivity contribution is 5.89. The third-order valence-corrected chi connectivity index (χ3v) is 4.25. The first-order valence-electron chi connectivity index (χ1n) is 8.42. The lowest BCUT2D eigenvalue weighted by Gasteiger charge is -2.29. The van der Waals surface area contributed by atoms with Gasteiger partial charge in [-0.1, -0.05) is 12.1 Å². The van der Waals surface area contributed by atoms with Gasteiger partial charge in [-0.2, -0.15) is 0 Å². The van der Waals surface area contributed by atoms with E-state index in [1.165, 1.54) is 11.0 Å². The fourth-order valence-corrected chi connectivity index (χ4v) is 2.78. The van der Waals surface area contributed by atoms with Gasteiger partial charge in [0.1, 0.15) is 11.6 Å². The van der Waals surface area contributed by atoms with Gasteiger partial charge in [0.05, 0.1) is 18.9 Å². The van der Waals surface area contributed by atoms with E-state index in [0.29, 0.717) is 6.54 Å². The summed E-state index contributed by atoms with van der Waals surface area (Å²) in [5.41, 5.74) is 2.03. The molecule has 0 radical (unpaired) electrons. The van der Waals surface area contributed by atoms with Crippen molar-refractivity contribution >= 4 is 17.4 Å². The Morgan fingerprint density at radius 2 is 1.85 bits per heavy atom. The van der Waals surface area contributed by atoms with Crippen LogP contribution < -0.4 is 10.2 Å². The molecule has 0 spiro atoms. The molecule has 1 N–H and O–H groups in total. The molecule has 1 heterocycles. The summed E-state index contributed by atoms with van der Waals surface area (Å²) >= 11 is 0. The minimum atomic E-state index is -0.804. The van der Waals surface area contributed by atoms with Crippen molar-refractivity contribution in [2.24, 2.45) is 0 Å². The number of ether oxygens (including phenoxy) is 1. The molecule has 0 unspecified atom stereocenters. The molecule has 138 valence electrons. The smallest absolute Gasteiger partial charge is 0.321 e. The van der Waals surface area contributed by atoms with E-state index in [4.69, 9.17) is 4.74 Å².